The van der Waals surface area contributed by atoms with E-state index in [1.54, 1.807) is 34.2 Å². The number of ether oxygens (including phenoxy) is 1. The number of hydrogen-bond acceptors (Lipinski definition) is 8. The molecule has 0 aliphatic carbocycles. The predicted octanol–water partition coefficient (Wildman–Crippen LogP) is 3.05. The molecule has 10 heteroatoms. The molecule has 4 aromatic heterocycles. The maximum atomic E-state index is 12.4. The average Bonchev–Trinajstić information content (AvgIpc) is 3.52. The zero-order valence-corrected chi connectivity index (χ0v) is 18.5. The molecule has 0 bridgehead atoms. The smallest absolute Gasteiger partial charge is 0.203 e. The van der Waals surface area contributed by atoms with E-state index in [2.05, 4.69) is 24.5 Å². The number of rotatable bonds is 7. The van der Waals surface area contributed by atoms with Crippen LogP contribution in [0.5, 0.6) is 5.75 Å². The molecule has 4 heterocycles. The normalized spacial score (nSPS) is 10.9. The summed E-state index contributed by atoms with van der Waals surface area (Å²) >= 11 is 1.39. The zero-order valence-electron chi connectivity index (χ0n) is 17.7. The number of benzene rings is 1. The van der Waals surface area contributed by atoms with Crippen molar-refractivity contribution in [1.29, 1.82) is 0 Å². The second-order valence-electron chi connectivity index (χ2n) is 7.34. The van der Waals surface area contributed by atoms with Gasteiger partial charge in [-0.3, -0.25) is 9.48 Å². The van der Waals surface area contributed by atoms with Crippen LogP contribution in [0.3, 0.4) is 0 Å². The first-order valence-electron chi connectivity index (χ1n) is 10.2. The van der Waals surface area contributed by atoms with Crippen LogP contribution in [0.15, 0.2) is 77.6 Å². The number of nitrogens with zero attached hydrogens (tertiary/aromatic N) is 7. The summed E-state index contributed by atoms with van der Waals surface area (Å²) < 4.78 is 13.2. The van der Waals surface area contributed by atoms with Gasteiger partial charge in [0.05, 0.1) is 30.5 Å². The molecule has 0 aliphatic rings. The topological polar surface area (TPSA) is 101 Å². The molecule has 0 aliphatic heterocycles. The number of aromatic nitrogens is 7. The van der Waals surface area contributed by atoms with Crippen LogP contribution in [0.1, 0.15) is 17.0 Å². The van der Waals surface area contributed by atoms with Crippen LogP contribution in [-0.2, 0) is 20.1 Å². The minimum atomic E-state index is -0.113. The molecule has 0 radical (unpaired) electrons. The molecule has 5 aromatic rings. The second kappa shape index (κ2) is 9.13. The van der Waals surface area contributed by atoms with E-state index in [9.17, 15) is 4.79 Å². The third-order valence-electron chi connectivity index (χ3n) is 4.90. The second-order valence-corrected chi connectivity index (χ2v) is 8.01. The minimum absolute atomic E-state index is 0.113. The van der Waals surface area contributed by atoms with Gasteiger partial charge in [-0.05, 0) is 29.2 Å². The first-order chi connectivity index (χ1) is 16.1. The van der Waals surface area contributed by atoms with E-state index in [1.165, 1.54) is 17.6 Å². The largest absolute Gasteiger partial charge is 0.484 e. The van der Waals surface area contributed by atoms with Crippen LogP contribution in [0.2, 0.25) is 0 Å². The summed E-state index contributed by atoms with van der Waals surface area (Å²) in [5.41, 5.74) is 3.78. The number of aryl methyl sites for hydroxylation is 1. The van der Waals surface area contributed by atoms with Gasteiger partial charge in [0, 0.05) is 36.7 Å². The highest BCUT2D eigenvalue weighted by molar-refractivity contribution is 7.03. The van der Waals surface area contributed by atoms with Gasteiger partial charge in [-0.15, -0.1) is 0 Å². The zero-order chi connectivity index (χ0) is 22.6. The lowest BCUT2D eigenvalue weighted by atomic mass is 10.1. The third kappa shape index (κ3) is 4.85. The van der Waals surface area contributed by atoms with Crippen molar-refractivity contribution >= 4 is 11.5 Å². The van der Waals surface area contributed by atoms with Crippen molar-refractivity contribution in [1.82, 2.24) is 33.9 Å². The van der Waals surface area contributed by atoms with E-state index in [1.807, 2.05) is 49.0 Å². The summed E-state index contributed by atoms with van der Waals surface area (Å²) in [5, 5.41) is 10.6. The minimum Gasteiger partial charge on any atom is -0.484 e. The van der Waals surface area contributed by atoms with Crippen LogP contribution in [0.4, 0.5) is 0 Å². The summed E-state index contributed by atoms with van der Waals surface area (Å²) in [6.07, 6.45) is 8.86. The van der Waals surface area contributed by atoms with Crippen molar-refractivity contribution in [2.45, 2.75) is 13.0 Å². The van der Waals surface area contributed by atoms with Crippen molar-refractivity contribution < 1.29 is 4.74 Å². The molecular formula is C23H19N7O2S. The molecule has 5 rings (SSSR count). The lowest BCUT2D eigenvalue weighted by Gasteiger charge is -2.07. The summed E-state index contributed by atoms with van der Waals surface area (Å²) in [6.45, 7) is 0.377. The van der Waals surface area contributed by atoms with E-state index < -0.39 is 0 Å². The Morgan fingerprint density at radius 1 is 1.09 bits per heavy atom. The Morgan fingerprint density at radius 3 is 2.73 bits per heavy atom. The molecule has 164 valence electrons. The Kier molecular flexibility index (Phi) is 5.73. The van der Waals surface area contributed by atoms with E-state index >= 15 is 0 Å². The maximum absolute atomic E-state index is 12.4. The molecule has 9 nitrogen and oxygen atoms in total. The highest BCUT2D eigenvalue weighted by atomic mass is 32.1. The highest BCUT2D eigenvalue weighted by Gasteiger charge is 2.09. The fourth-order valence-electron chi connectivity index (χ4n) is 3.26. The van der Waals surface area contributed by atoms with Crippen LogP contribution in [0, 0.1) is 0 Å². The molecule has 0 fully saturated rings. The van der Waals surface area contributed by atoms with E-state index in [-0.39, 0.29) is 5.43 Å². The van der Waals surface area contributed by atoms with Crippen molar-refractivity contribution in [2.24, 2.45) is 7.05 Å². The SMILES string of the molecule is Cn1cc(-n2ccc(=O)c(Cc3cccc(-c4ncc(OCc5ccsn5)cn4)c3)n2)cn1. The molecular weight excluding hydrogens is 438 g/mol. The Morgan fingerprint density at radius 2 is 1.97 bits per heavy atom. The Balaban J connectivity index is 1.33. The van der Waals surface area contributed by atoms with Gasteiger partial charge in [-0.2, -0.15) is 14.6 Å². The van der Waals surface area contributed by atoms with Crippen LogP contribution < -0.4 is 10.2 Å². The molecule has 0 N–H and O–H groups in total. The quantitative estimate of drug-likeness (QED) is 0.370. The van der Waals surface area contributed by atoms with E-state index in [0.717, 1.165) is 22.5 Å². The van der Waals surface area contributed by atoms with Crippen LogP contribution in [0.25, 0.3) is 17.1 Å². The molecule has 0 unspecified atom stereocenters. The predicted molar refractivity (Wildman–Crippen MR) is 123 cm³/mol. The van der Waals surface area contributed by atoms with E-state index in [0.29, 0.717) is 30.3 Å². The molecule has 0 atom stereocenters. The average molecular weight is 458 g/mol. The molecule has 0 saturated carbocycles. The van der Waals surface area contributed by atoms with Crippen molar-refractivity contribution in [3.05, 3.63) is 99.9 Å². The van der Waals surface area contributed by atoms with Gasteiger partial charge in [-0.25, -0.2) is 14.6 Å². The van der Waals surface area contributed by atoms with Crippen molar-refractivity contribution in [3.63, 3.8) is 0 Å². The van der Waals surface area contributed by atoms with Crippen LogP contribution >= 0.6 is 11.5 Å². The van der Waals surface area contributed by atoms with Gasteiger partial charge in [-0.1, -0.05) is 18.2 Å². The molecule has 0 saturated heterocycles. The fraction of sp³-hybridized carbons (Fsp3) is 0.130. The maximum Gasteiger partial charge on any atom is 0.203 e. The fourth-order valence-corrected chi connectivity index (χ4v) is 3.79. The first-order valence-corrected chi connectivity index (χ1v) is 11.0. The lowest BCUT2D eigenvalue weighted by molar-refractivity contribution is 0.300. The number of hydrogen-bond donors (Lipinski definition) is 0. The van der Waals surface area contributed by atoms with Gasteiger partial charge >= 0.3 is 0 Å². The van der Waals surface area contributed by atoms with E-state index in [4.69, 9.17) is 4.74 Å². The molecule has 1 aromatic carbocycles. The van der Waals surface area contributed by atoms with Crippen molar-refractivity contribution in [3.8, 4) is 22.8 Å². The summed E-state index contributed by atoms with van der Waals surface area (Å²) in [7, 11) is 1.83. The van der Waals surface area contributed by atoms with Crippen LogP contribution in [-0.4, -0.2) is 33.9 Å². The molecule has 0 spiro atoms. The Labute approximate surface area is 193 Å². The Hall–Kier alpha value is -4.18. The third-order valence-corrected chi connectivity index (χ3v) is 5.50. The molecule has 33 heavy (non-hydrogen) atoms. The van der Waals surface area contributed by atoms with Gasteiger partial charge in [0.1, 0.15) is 18.0 Å². The highest BCUT2D eigenvalue weighted by Crippen LogP contribution is 2.19. The van der Waals surface area contributed by atoms with Gasteiger partial charge < -0.3 is 4.74 Å². The monoisotopic (exact) mass is 457 g/mol. The lowest BCUT2D eigenvalue weighted by Crippen LogP contribution is -2.16. The standard InChI is InChI=1S/C23H19N7O2S/c1-29-14-19(11-26-29)30-7-5-22(31)21(27-30)10-16-3-2-4-17(9-16)23-24-12-20(13-25-23)32-15-18-6-8-33-28-18/h2-9,11-14H,10,15H2,1H3. The van der Waals surface area contributed by atoms with Crippen molar-refractivity contribution in [2.75, 3.05) is 0 Å². The summed E-state index contributed by atoms with van der Waals surface area (Å²) in [6, 6.07) is 11.2. The molecule has 0 amide bonds. The van der Waals surface area contributed by atoms with Gasteiger partial charge in [0.2, 0.25) is 5.43 Å². The first kappa shape index (κ1) is 20.7. The van der Waals surface area contributed by atoms with Gasteiger partial charge in [0.25, 0.3) is 0 Å². The summed E-state index contributed by atoms with van der Waals surface area (Å²) in [4.78, 5) is 21.3. The Bertz CT molecular complexity index is 1430. The summed E-state index contributed by atoms with van der Waals surface area (Å²) in [5.74, 6) is 1.15. The van der Waals surface area contributed by atoms with Gasteiger partial charge in [0.15, 0.2) is 11.6 Å².